The fourth-order valence-corrected chi connectivity index (χ4v) is 1.17. The summed E-state index contributed by atoms with van der Waals surface area (Å²) in [7, 11) is 0. The van der Waals surface area contributed by atoms with Gasteiger partial charge in [-0.05, 0) is 44.5 Å². The van der Waals surface area contributed by atoms with Gasteiger partial charge in [-0.2, -0.15) is 0 Å². The van der Waals surface area contributed by atoms with Crippen LogP contribution in [0.1, 0.15) is 26.3 Å². The first-order valence-electron chi connectivity index (χ1n) is 4.84. The Balaban J connectivity index is 2.83. The van der Waals surface area contributed by atoms with Gasteiger partial charge in [-0.15, -0.1) is 0 Å². The normalized spacial score (nSPS) is 11.7. The molecule has 1 aromatic rings. The number of allylic oxidation sites excluding steroid dienone is 1. The van der Waals surface area contributed by atoms with Crippen LogP contribution in [0, 0.1) is 0 Å². The highest BCUT2D eigenvalue weighted by molar-refractivity contribution is 5.74. The molecule has 0 spiro atoms. The molecule has 0 saturated carbocycles. The van der Waals surface area contributed by atoms with Crippen molar-refractivity contribution < 1.29 is 9.53 Å². The first-order valence-corrected chi connectivity index (χ1v) is 4.84. The molecule has 2 heteroatoms. The molecule has 0 aliphatic heterocycles. The van der Waals surface area contributed by atoms with Gasteiger partial charge in [0.1, 0.15) is 11.4 Å². The predicted octanol–water partition coefficient (Wildman–Crippen LogP) is 2.99. The number of hydrogen-bond acceptors (Lipinski definition) is 2. The van der Waals surface area contributed by atoms with Crippen molar-refractivity contribution in [2.75, 3.05) is 0 Å². The SMILES string of the molecule is CC(C)(C)Oc1cccc(C=C[C]=O)c1. The van der Waals surface area contributed by atoms with Crippen LogP contribution in [0.15, 0.2) is 30.3 Å². The van der Waals surface area contributed by atoms with Gasteiger partial charge >= 0.3 is 0 Å². The average Bonchev–Trinajstić information content (AvgIpc) is 2.12. The van der Waals surface area contributed by atoms with E-state index in [2.05, 4.69) is 0 Å². The van der Waals surface area contributed by atoms with Crippen molar-refractivity contribution in [3.63, 3.8) is 0 Å². The number of ether oxygens (including phenoxy) is 1. The van der Waals surface area contributed by atoms with Crippen LogP contribution in [0.4, 0.5) is 0 Å². The third kappa shape index (κ3) is 4.45. The molecule has 0 atom stereocenters. The smallest absolute Gasteiger partial charge is 0.225 e. The molecular weight excluding hydrogens is 188 g/mol. The minimum absolute atomic E-state index is 0.209. The van der Waals surface area contributed by atoms with Gasteiger partial charge in [-0.1, -0.05) is 18.2 Å². The molecule has 79 valence electrons. The van der Waals surface area contributed by atoms with Crippen molar-refractivity contribution in [3.8, 4) is 5.75 Å². The van der Waals surface area contributed by atoms with Crippen molar-refractivity contribution in [2.24, 2.45) is 0 Å². The maximum Gasteiger partial charge on any atom is 0.225 e. The van der Waals surface area contributed by atoms with Crippen molar-refractivity contribution in [1.29, 1.82) is 0 Å². The van der Waals surface area contributed by atoms with Gasteiger partial charge in [-0.3, -0.25) is 4.79 Å². The van der Waals surface area contributed by atoms with Gasteiger partial charge in [0.15, 0.2) is 0 Å². The van der Waals surface area contributed by atoms with Gasteiger partial charge in [-0.25, -0.2) is 0 Å². The molecule has 0 bridgehead atoms. The monoisotopic (exact) mass is 203 g/mol. The zero-order valence-electron chi connectivity index (χ0n) is 9.28. The maximum atomic E-state index is 10.0. The quantitative estimate of drug-likeness (QED) is 0.706. The Kier molecular flexibility index (Phi) is 3.67. The second-order valence-corrected chi connectivity index (χ2v) is 4.24. The minimum Gasteiger partial charge on any atom is -0.488 e. The third-order valence-electron chi connectivity index (χ3n) is 1.63. The zero-order valence-corrected chi connectivity index (χ0v) is 9.28. The van der Waals surface area contributed by atoms with Gasteiger partial charge in [0, 0.05) is 0 Å². The molecule has 1 aromatic carbocycles. The van der Waals surface area contributed by atoms with Crippen molar-refractivity contribution in [3.05, 3.63) is 35.9 Å². The van der Waals surface area contributed by atoms with Gasteiger partial charge in [0.2, 0.25) is 6.29 Å². The summed E-state index contributed by atoms with van der Waals surface area (Å²) >= 11 is 0. The van der Waals surface area contributed by atoms with Crippen LogP contribution in [0.5, 0.6) is 5.75 Å². The van der Waals surface area contributed by atoms with Gasteiger partial charge in [0.05, 0.1) is 0 Å². The fraction of sp³-hybridized carbons (Fsp3) is 0.308. The van der Waals surface area contributed by atoms with Crippen LogP contribution in [0.3, 0.4) is 0 Å². The van der Waals surface area contributed by atoms with E-state index >= 15 is 0 Å². The Hall–Kier alpha value is -1.57. The summed E-state index contributed by atoms with van der Waals surface area (Å²) in [5.41, 5.74) is 0.721. The Morgan fingerprint density at radius 3 is 2.67 bits per heavy atom. The summed E-state index contributed by atoms with van der Waals surface area (Å²) in [6.07, 6.45) is 4.75. The minimum atomic E-state index is -0.209. The highest BCUT2D eigenvalue weighted by Gasteiger charge is 2.11. The Bertz CT molecular complexity index is 359. The summed E-state index contributed by atoms with van der Waals surface area (Å²) in [6.45, 7) is 5.98. The molecule has 15 heavy (non-hydrogen) atoms. The van der Waals surface area contributed by atoms with Crippen LogP contribution in [-0.2, 0) is 4.79 Å². The van der Waals surface area contributed by atoms with Crippen molar-refractivity contribution in [2.45, 2.75) is 26.4 Å². The number of benzene rings is 1. The van der Waals surface area contributed by atoms with Crippen LogP contribution in [0.25, 0.3) is 6.08 Å². The van der Waals surface area contributed by atoms with Crippen molar-refractivity contribution >= 4 is 12.4 Å². The van der Waals surface area contributed by atoms with Crippen molar-refractivity contribution in [1.82, 2.24) is 0 Å². The Labute approximate surface area is 90.6 Å². The second kappa shape index (κ2) is 4.78. The van der Waals surface area contributed by atoms with Gasteiger partial charge < -0.3 is 4.74 Å². The first kappa shape index (κ1) is 11.5. The zero-order chi connectivity index (χ0) is 11.3. The standard InChI is InChI=1S/C13H15O2/c1-13(2,3)15-12-8-4-6-11(10-12)7-5-9-14/h4-8,10H,1-3H3. The largest absolute Gasteiger partial charge is 0.488 e. The van der Waals surface area contributed by atoms with Gasteiger partial charge in [0.25, 0.3) is 0 Å². The third-order valence-corrected chi connectivity index (χ3v) is 1.63. The Morgan fingerprint density at radius 2 is 2.07 bits per heavy atom. The molecule has 0 N–H and O–H groups in total. The average molecular weight is 203 g/mol. The molecule has 0 heterocycles. The molecule has 0 unspecified atom stereocenters. The molecule has 0 saturated heterocycles. The molecule has 2 nitrogen and oxygen atoms in total. The van der Waals surface area contributed by atoms with E-state index in [1.54, 1.807) is 12.4 Å². The number of rotatable bonds is 3. The number of hydrogen-bond donors (Lipinski definition) is 0. The Morgan fingerprint density at radius 1 is 1.33 bits per heavy atom. The topological polar surface area (TPSA) is 26.3 Å². The highest BCUT2D eigenvalue weighted by Crippen LogP contribution is 2.19. The summed E-state index contributed by atoms with van der Waals surface area (Å²) < 4.78 is 5.69. The van der Waals surface area contributed by atoms with E-state index in [1.165, 1.54) is 6.08 Å². The van der Waals surface area contributed by atoms with E-state index in [4.69, 9.17) is 4.74 Å². The van der Waals surface area contributed by atoms with E-state index < -0.39 is 0 Å². The van der Waals surface area contributed by atoms with E-state index in [0.717, 1.165) is 11.3 Å². The molecule has 1 radical (unpaired) electrons. The summed E-state index contributed by atoms with van der Waals surface area (Å²) in [5, 5.41) is 0. The molecule has 0 fully saturated rings. The summed E-state index contributed by atoms with van der Waals surface area (Å²) in [5.74, 6) is 0.801. The number of carbonyl (C=O) groups excluding carboxylic acids is 1. The fourth-order valence-electron chi connectivity index (χ4n) is 1.17. The van der Waals surface area contributed by atoms with E-state index in [1.807, 2.05) is 45.0 Å². The van der Waals surface area contributed by atoms with Crippen LogP contribution < -0.4 is 4.74 Å². The highest BCUT2D eigenvalue weighted by atomic mass is 16.5. The first-order chi connectivity index (χ1) is 7.01. The molecule has 0 aromatic heterocycles. The lowest BCUT2D eigenvalue weighted by Crippen LogP contribution is -2.22. The second-order valence-electron chi connectivity index (χ2n) is 4.24. The van der Waals surface area contributed by atoms with E-state index in [9.17, 15) is 4.79 Å². The lowest BCUT2D eigenvalue weighted by molar-refractivity contribution is 0.131. The maximum absolute atomic E-state index is 10.0. The van der Waals surface area contributed by atoms with E-state index in [-0.39, 0.29) is 5.60 Å². The van der Waals surface area contributed by atoms with Crippen LogP contribution >= 0.6 is 0 Å². The molecular formula is C13H15O2. The predicted molar refractivity (Wildman–Crippen MR) is 61.6 cm³/mol. The molecule has 0 amide bonds. The summed E-state index contributed by atoms with van der Waals surface area (Å²) in [6, 6.07) is 7.58. The lowest BCUT2D eigenvalue weighted by Gasteiger charge is -2.21. The molecule has 1 rings (SSSR count). The van der Waals surface area contributed by atoms with Crippen LogP contribution in [0.2, 0.25) is 0 Å². The van der Waals surface area contributed by atoms with E-state index in [0.29, 0.717) is 0 Å². The lowest BCUT2D eigenvalue weighted by atomic mass is 10.1. The molecule has 0 aliphatic carbocycles. The summed E-state index contributed by atoms with van der Waals surface area (Å²) in [4.78, 5) is 10.0. The molecule has 0 aliphatic rings. The van der Waals surface area contributed by atoms with Crippen LogP contribution in [-0.4, -0.2) is 11.9 Å².